The number of nitrogens with one attached hydrogen (secondary N) is 1. The van der Waals surface area contributed by atoms with Gasteiger partial charge in [-0.3, -0.25) is 4.98 Å². The molecule has 2 N–H and O–H groups in total. The van der Waals surface area contributed by atoms with E-state index in [1.165, 1.54) is 6.20 Å². The molecule has 0 aromatic carbocycles. The number of aromatic nitrogens is 4. The second-order valence-corrected chi connectivity index (χ2v) is 5.18. The van der Waals surface area contributed by atoms with Crippen molar-refractivity contribution < 1.29 is 5.11 Å². The molecule has 0 radical (unpaired) electrons. The second-order valence-electron chi connectivity index (χ2n) is 5.18. The van der Waals surface area contributed by atoms with Gasteiger partial charge in [-0.2, -0.15) is 5.10 Å². The van der Waals surface area contributed by atoms with Gasteiger partial charge in [-0.05, 0) is 32.0 Å². The lowest BCUT2D eigenvalue weighted by Crippen LogP contribution is -2.04. The van der Waals surface area contributed by atoms with Gasteiger partial charge >= 0.3 is 0 Å². The molecule has 0 saturated heterocycles. The molecule has 3 heterocycles. The van der Waals surface area contributed by atoms with Crippen molar-refractivity contribution >= 4 is 16.7 Å². The van der Waals surface area contributed by atoms with Crippen molar-refractivity contribution in [3.63, 3.8) is 0 Å². The first-order chi connectivity index (χ1) is 10.1. The molecule has 0 aliphatic heterocycles. The molecule has 21 heavy (non-hydrogen) atoms. The molecule has 0 saturated carbocycles. The second kappa shape index (κ2) is 5.40. The zero-order valence-corrected chi connectivity index (χ0v) is 12.0. The predicted octanol–water partition coefficient (Wildman–Crippen LogP) is 2.72. The Kier molecular flexibility index (Phi) is 3.43. The summed E-state index contributed by atoms with van der Waals surface area (Å²) in [6, 6.07) is 5.72. The van der Waals surface area contributed by atoms with Crippen molar-refractivity contribution in [3.05, 3.63) is 42.5 Å². The highest BCUT2D eigenvalue weighted by Gasteiger charge is 2.07. The SMILES string of the molecule is CC(C)n1ncc2cc(NCc3ccc(O)cn3)cnc21. The summed E-state index contributed by atoms with van der Waals surface area (Å²) >= 11 is 0. The van der Waals surface area contributed by atoms with Crippen LogP contribution in [0.25, 0.3) is 11.0 Å². The minimum Gasteiger partial charge on any atom is -0.506 e. The van der Waals surface area contributed by atoms with Crippen LogP contribution in [0.3, 0.4) is 0 Å². The highest BCUT2D eigenvalue weighted by atomic mass is 16.3. The molecule has 3 rings (SSSR count). The van der Waals surface area contributed by atoms with Crippen LogP contribution in [0.2, 0.25) is 0 Å². The molecule has 0 aliphatic rings. The summed E-state index contributed by atoms with van der Waals surface area (Å²) in [7, 11) is 0. The van der Waals surface area contributed by atoms with Gasteiger partial charge in [-0.25, -0.2) is 9.67 Å². The van der Waals surface area contributed by atoms with Crippen molar-refractivity contribution in [2.75, 3.05) is 5.32 Å². The Morgan fingerprint density at radius 3 is 2.76 bits per heavy atom. The Bertz CT molecular complexity index is 748. The molecule has 3 aromatic rings. The van der Waals surface area contributed by atoms with Crippen molar-refractivity contribution in [3.8, 4) is 5.75 Å². The third-order valence-corrected chi connectivity index (χ3v) is 3.21. The minimum atomic E-state index is 0.169. The molecule has 108 valence electrons. The number of aromatic hydroxyl groups is 1. The zero-order chi connectivity index (χ0) is 14.8. The van der Waals surface area contributed by atoms with Gasteiger partial charge in [0.15, 0.2) is 5.65 Å². The van der Waals surface area contributed by atoms with E-state index in [9.17, 15) is 5.11 Å². The Hall–Kier alpha value is -2.63. The summed E-state index contributed by atoms with van der Waals surface area (Å²) in [5, 5.41) is 17.8. The van der Waals surface area contributed by atoms with Crippen molar-refractivity contribution in [2.24, 2.45) is 0 Å². The molecule has 3 aromatic heterocycles. The van der Waals surface area contributed by atoms with Crippen LogP contribution in [0, 0.1) is 0 Å². The van der Waals surface area contributed by atoms with Crippen LogP contribution in [0.1, 0.15) is 25.6 Å². The van der Waals surface area contributed by atoms with Gasteiger partial charge in [0, 0.05) is 11.4 Å². The molecule has 6 nitrogen and oxygen atoms in total. The number of nitrogens with zero attached hydrogens (tertiary/aromatic N) is 4. The first-order valence-corrected chi connectivity index (χ1v) is 6.84. The number of fused-ring (bicyclic) bond motifs is 1. The standard InChI is InChI=1S/C15H17N5O/c1-10(2)20-15-11(6-19-20)5-13(8-18-15)16-7-12-3-4-14(21)9-17-12/h3-6,8-10,16,21H,7H2,1-2H3. The highest BCUT2D eigenvalue weighted by molar-refractivity contribution is 5.78. The molecular formula is C15H17N5O. The Morgan fingerprint density at radius 2 is 2.05 bits per heavy atom. The fourth-order valence-corrected chi connectivity index (χ4v) is 2.13. The molecule has 0 fully saturated rings. The van der Waals surface area contributed by atoms with Gasteiger partial charge in [-0.1, -0.05) is 0 Å². The average Bonchev–Trinajstić information content (AvgIpc) is 2.90. The summed E-state index contributed by atoms with van der Waals surface area (Å²) in [6.45, 7) is 4.74. The summed E-state index contributed by atoms with van der Waals surface area (Å²) in [6.07, 6.45) is 5.06. The van der Waals surface area contributed by atoms with E-state index in [-0.39, 0.29) is 11.8 Å². The Balaban J connectivity index is 1.77. The minimum absolute atomic E-state index is 0.169. The highest BCUT2D eigenvalue weighted by Crippen LogP contribution is 2.19. The Morgan fingerprint density at radius 1 is 1.19 bits per heavy atom. The van der Waals surface area contributed by atoms with Crippen LogP contribution in [0.4, 0.5) is 5.69 Å². The van der Waals surface area contributed by atoms with E-state index in [1.54, 1.807) is 18.3 Å². The van der Waals surface area contributed by atoms with E-state index in [0.29, 0.717) is 6.54 Å². The van der Waals surface area contributed by atoms with Crippen LogP contribution in [-0.2, 0) is 6.54 Å². The number of hydrogen-bond acceptors (Lipinski definition) is 5. The molecular weight excluding hydrogens is 266 g/mol. The molecule has 0 atom stereocenters. The van der Waals surface area contributed by atoms with Crippen molar-refractivity contribution in [1.29, 1.82) is 0 Å². The van der Waals surface area contributed by atoms with Gasteiger partial charge in [0.1, 0.15) is 5.75 Å². The largest absolute Gasteiger partial charge is 0.506 e. The maximum Gasteiger partial charge on any atom is 0.158 e. The van der Waals surface area contributed by atoms with Gasteiger partial charge in [0.05, 0.1) is 36.5 Å². The van der Waals surface area contributed by atoms with Crippen molar-refractivity contribution in [1.82, 2.24) is 19.7 Å². The molecule has 6 heteroatoms. The van der Waals surface area contributed by atoms with Crippen LogP contribution in [0.5, 0.6) is 5.75 Å². The number of hydrogen-bond donors (Lipinski definition) is 2. The maximum atomic E-state index is 9.21. The summed E-state index contributed by atoms with van der Waals surface area (Å²) in [5.74, 6) is 0.169. The normalized spacial score (nSPS) is 11.2. The van der Waals surface area contributed by atoms with Crippen LogP contribution in [0.15, 0.2) is 36.8 Å². The lowest BCUT2D eigenvalue weighted by molar-refractivity contribution is 0.472. The predicted molar refractivity (Wildman–Crippen MR) is 81.1 cm³/mol. The van der Waals surface area contributed by atoms with E-state index in [0.717, 1.165) is 22.4 Å². The molecule has 0 amide bonds. The molecule has 0 unspecified atom stereocenters. The van der Waals surface area contributed by atoms with Crippen LogP contribution in [-0.4, -0.2) is 24.9 Å². The fraction of sp³-hybridized carbons (Fsp3) is 0.267. The summed E-state index contributed by atoms with van der Waals surface area (Å²) in [4.78, 5) is 8.60. The fourth-order valence-electron chi connectivity index (χ4n) is 2.13. The number of pyridine rings is 2. The number of rotatable bonds is 4. The zero-order valence-electron chi connectivity index (χ0n) is 12.0. The van der Waals surface area contributed by atoms with E-state index in [1.807, 2.05) is 16.9 Å². The summed E-state index contributed by atoms with van der Waals surface area (Å²) < 4.78 is 1.90. The van der Waals surface area contributed by atoms with Gasteiger partial charge in [0.25, 0.3) is 0 Å². The smallest absolute Gasteiger partial charge is 0.158 e. The van der Waals surface area contributed by atoms with Gasteiger partial charge in [0.2, 0.25) is 0 Å². The first-order valence-electron chi connectivity index (χ1n) is 6.84. The quantitative estimate of drug-likeness (QED) is 0.770. The molecule has 0 bridgehead atoms. The van der Waals surface area contributed by atoms with Crippen LogP contribution >= 0.6 is 0 Å². The van der Waals surface area contributed by atoms with Crippen LogP contribution < -0.4 is 5.32 Å². The van der Waals surface area contributed by atoms with Gasteiger partial charge < -0.3 is 10.4 Å². The lowest BCUT2D eigenvalue weighted by Gasteiger charge is -2.08. The van der Waals surface area contributed by atoms with E-state index < -0.39 is 0 Å². The monoisotopic (exact) mass is 283 g/mol. The third kappa shape index (κ3) is 2.79. The van der Waals surface area contributed by atoms with Gasteiger partial charge in [-0.15, -0.1) is 0 Å². The van der Waals surface area contributed by atoms with E-state index in [4.69, 9.17) is 0 Å². The molecule has 0 aliphatic carbocycles. The third-order valence-electron chi connectivity index (χ3n) is 3.21. The molecule has 0 spiro atoms. The number of anilines is 1. The van der Waals surface area contributed by atoms with Crippen molar-refractivity contribution in [2.45, 2.75) is 26.4 Å². The summed E-state index contributed by atoms with van der Waals surface area (Å²) in [5.41, 5.74) is 2.66. The Labute approximate surface area is 122 Å². The van der Waals surface area contributed by atoms with E-state index >= 15 is 0 Å². The average molecular weight is 283 g/mol. The topological polar surface area (TPSA) is 75.9 Å². The first kappa shape index (κ1) is 13.4. The van der Waals surface area contributed by atoms with E-state index in [2.05, 4.69) is 34.2 Å². The maximum absolute atomic E-state index is 9.21. The lowest BCUT2D eigenvalue weighted by atomic mass is 10.3.